The van der Waals surface area contributed by atoms with Crippen LogP contribution in [0.25, 0.3) is 55.3 Å². The molecule has 2 aliphatic rings. The molecule has 0 aromatic heterocycles. The van der Waals surface area contributed by atoms with Gasteiger partial charge < -0.3 is 4.90 Å². The smallest absolute Gasteiger partial charge is 0.180 e. The molecule has 68 heavy (non-hydrogen) atoms. The standard InChI is InChI=1S/C66H47NSi/c1-66(51-23-7-3-8-24-51)61-32-15-13-29-58(61)59-42-38-50(44-62(59)66)47-35-39-52(40-36-47)67(54-41-37-46-19-11-12-22-49(46)43-54)53-25-17-28-56(45-53)68(55-26-9-4-10-27-55)63-33-16-14-30-60(63)65-57(31-18-34-64(65)68)48-20-5-2-6-21-48/h2-45H,1H3. The molecule has 11 aromatic carbocycles. The topological polar surface area (TPSA) is 3.24 Å². The lowest BCUT2D eigenvalue weighted by Crippen LogP contribution is -2.72. The van der Waals surface area contributed by atoms with Crippen molar-refractivity contribution in [3.8, 4) is 44.5 Å². The molecule has 1 nitrogen and oxygen atoms in total. The van der Waals surface area contributed by atoms with E-state index in [0.717, 1.165) is 17.1 Å². The van der Waals surface area contributed by atoms with E-state index in [0.29, 0.717) is 0 Å². The molecule has 0 amide bonds. The van der Waals surface area contributed by atoms with Crippen molar-refractivity contribution in [1.82, 2.24) is 0 Å². The number of hydrogen-bond donors (Lipinski definition) is 0. The molecule has 0 saturated heterocycles. The maximum absolute atomic E-state index is 2.86. The minimum Gasteiger partial charge on any atom is -0.310 e. The van der Waals surface area contributed by atoms with Crippen molar-refractivity contribution >= 4 is 56.7 Å². The van der Waals surface area contributed by atoms with Crippen molar-refractivity contribution in [2.45, 2.75) is 12.3 Å². The van der Waals surface area contributed by atoms with Gasteiger partial charge in [0, 0.05) is 22.5 Å². The van der Waals surface area contributed by atoms with E-state index in [1.54, 1.807) is 0 Å². The summed E-state index contributed by atoms with van der Waals surface area (Å²) in [7, 11) is -2.86. The van der Waals surface area contributed by atoms with Crippen LogP contribution in [0.4, 0.5) is 17.1 Å². The number of fused-ring (bicyclic) bond motifs is 7. The monoisotopic (exact) mass is 881 g/mol. The van der Waals surface area contributed by atoms with Crippen molar-refractivity contribution in [2.24, 2.45) is 0 Å². The van der Waals surface area contributed by atoms with Gasteiger partial charge in [0.2, 0.25) is 0 Å². The Morgan fingerprint density at radius 2 is 0.897 bits per heavy atom. The second-order valence-electron chi connectivity index (χ2n) is 18.5. The molecule has 1 aliphatic heterocycles. The SMILES string of the molecule is CC1(c2ccccc2)c2ccccc2-c2ccc(-c3ccc(N(c4cccc([Si]5(c6ccccc6)c6ccccc6-c6c(-c7ccccc7)cccc65)c4)c4ccc5ccccc5c4)cc3)cc21. The first-order valence-corrected chi connectivity index (χ1v) is 25.7. The maximum atomic E-state index is 2.51. The van der Waals surface area contributed by atoms with Crippen molar-refractivity contribution in [3.63, 3.8) is 0 Å². The van der Waals surface area contributed by atoms with Gasteiger partial charge in [-0.2, -0.15) is 0 Å². The number of rotatable bonds is 8. The highest BCUT2D eigenvalue weighted by molar-refractivity contribution is 7.22. The summed E-state index contributed by atoms with van der Waals surface area (Å²) in [5, 5.41) is 8.06. The van der Waals surface area contributed by atoms with Gasteiger partial charge in [-0.1, -0.05) is 224 Å². The fourth-order valence-electron chi connectivity index (χ4n) is 11.9. The van der Waals surface area contributed by atoms with Crippen LogP contribution in [0, 0.1) is 0 Å². The highest BCUT2D eigenvalue weighted by Crippen LogP contribution is 2.53. The lowest BCUT2D eigenvalue weighted by atomic mass is 9.74. The molecule has 1 heterocycles. The van der Waals surface area contributed by atoms with E-state index >= 15 is 0 Å². The first-order chi connectivity index (χ1) is 33.6. The molecule has 0 radical (unpaired) electrons. The Bertz CT molecular complexity index is 3690. The van der Waals surface area contributed by atoms with E-state index in [9.17, 15) is 0 Å². The van der Waals surface area contributed by atoms with E-state index in [1.807, 2.05) is 0 Å². The average Bonchev–Trinajstić information content (AvgIpc) is 3.87. The van der Waals surface area contributed by atoms with Crippen LogP contribution in [0.15, 0.2) is 267 Å². The molecule has 0 N–H and O–H groups in total. The lowest BCUT2D eigenvalue weighted by molar-refractivity contribution is 0.714. The molecule has 1 aliphatic carbocycles. The zero-order chi connectivity index (χ0) is 45.2. The molecule has 2 heteroatoms. The van der Waals surface area contributed by atoms with Crippen LogP contribution in [-0.4, -0.2) is 8.07 Å². The molecule has 2 atom stereocenters. The summed E-state index contributed by atoms with van der Waals surface area (Å²) in [5.74, 6) is 0. The third kappa shape index (κ3) is 6.08. The van der Waals surface area contributed by atoms with Gasteiger partial charge in [0.05, 0.1) is 0 Å². The molecule has 0 fully saturated rings. The molecule has 0 bridgehead atoms. The van der Waals surface area contributed by atoms with Gasteiger partial charge in [-0.05, 0) is 142 Å². The van der Waals surface area contributed by atoms with Crippen LogP contribution in [0.5, 0.6) is 0 Å². The van der Waals surface area contributed by atoms with Gasteiger partial charge >= 0.3 is 0 Å². The summed E-state index contributed by atoms with van der Waals surface area (Å²) >= 11 is 0. The number of anilines is 3. The van der Waals surface area contributed by atoms with E-state index in [-0.39, 0.29) is 5.41 Å². The third-order valence-corrected chi connectivity index (χ3v) is 19.9. The highest BCUT2D eigenvalue weighted by atomic mass is 28.3. The molecule has 0 spiro atoms. The van der Waals surface area contributed by atoms with E-state index < -0.39 is 8.07 Å². The Morgan fingerprint density at radius 3 is 1.71 bits per heavy atom. The summed E-state index contributed by atoms with van der Waals surface area (Å²) in [6, 6.07) is 99.8. The van der Waals surface area contributed by atoms with Crippen LogP contribution in [0.3, 0.4) is 0 Å². The fraction of sp³-hybridized carbons (Fsp3) is 0.0303. The summed E-state index contributed by atoms with van der Waals surface area (Å²) in [5.41, 5.74) is 17.4. The van der Waals surface area contributed by atoms with Crippen molar-refractivity contribution in [1.29, 1.82) is 0 Å². The van der Waals surface area contributed by atoms with Crippen LogP contribution in [0.1, 0.15) is 23.6 Å². The molecular formula is C66H47NSi. The van der Waals surface area contributed by atoms with Crippen LogP contribution in [-0.2, 0) is 5.41 Å². The first kappa shape index (κ1) is 40.0. The predicted molar refractivity (Wildman–Crippen MR) is 290 cm³/mol. The van der Waals surface area contributed by atoms with E-state index in [2.05, 4.69) is 279 Å². The minimum absolute atomic E-state index is 0.259. The Hall–Kier alpha value is -8.30. The quantitative estimate of drug-likeness (QED) is 0.137. The number of hydrogen-bond acceptors (Lipinski definition) is 1. The molecule has 320 valence electrons. The van der Waals surface area contributed by atoms with E-state index in [4.69, 9.17) is 0 Å². The van der Waals surface area contributed by atoms with Gasteiger partial charge in [0.1, 0.15) is 0 Å². The van der Waals surface area contributed by atoms with Gasteiger partial charge in [-0.3, -0.25) is 0 Å². The Balaban J connectivity index is 0.976. The summed E-state index contributed by atoms with van der Waals surface area (Å²) in [4.78, 5) is 2.46. The number of benzene rings is 11. The average molecular weight is 882 g/mol. The summed E-state index contributed by atoms with van der Waals surface area (Å²) in [6.07, 6.45) is 0. The molecule has 11 aromatic rings. The predicted octanol–water partition coefficient (Wildman–Crippen LogP) is 14.3. The third-order valence-electron chi connectivity index (χ3n) is 15.0. The Labute approximate surface area is 399 Å². The molecule has 13 rings (SSSR count). The van der Waals surface area contributed by atoms with Gasteiger partial charge in [0.25, 0.3) is 0 Å². The van der Waals surface area contributed by atoms with Gasteiger partial charge in [0.15, 0.2) is 8.07 Å². The van der Waals surface area contributed by atoms with Crippen molar-refractivity contribution in [2.75, 3.05) is 4.90 Å². The summed E-state index contributed by atoms with van der Waals surface area (Å²) < 4.78 is 0. The van der Waals surface area contributed by atoms with Crippen molar-refractivity contribution < 1.29 is 0 Å². The Kier molecular flexibility index (Phi) is 9.38. The molecule has 0 saturated carbocycles. The fourth-order valence-corrected chi connectivity index (χ4v) is 17.1. The van der Waals surface area contributed by atoms with E-state index in [1.165, 1.54) is 92.7 Å². The summed E-state index contributed by atoms with van der Waals surface area (Å²) in [6.45, 7) is 2.39. The normalized spacial score (nSPS) is 16.4. The maximum Gasteiger partial charge on any atom is 0.180 e. The second-order valence-corrected chi connectivity index (χ2v) is 22.2. The second kappa shape index (κ2) is 15.9. The van der Waals surface area contributed by atoms with Gasteiger partial charge in [-0.25, -0.2) is 0 Å². The lowest BCUT2D eigenvalue weighted by Gasteiger charge is -2.33. The van der Waals surface area contributed by atoms with Gasteiger partial charge in [-0.15, -0.1) is 0 Å². The largest absolute Gasteiger partial charge is 0.310 e. The highest BCUT2D eigenvalue weighted by Gasteiger charge is 2.49. The Morgan fingerprint density at radius 1 is 0.324 bits per heavy atom. The van der Waals surface area contributed by atoms with Crippen LogP contribution >= 0.6 is 0 Å². The van der Waals surface area contributed by atoms with Crippen molar-refractivity contribution in [3.05, 3.63) is 284 Å². The van der Waals surface area contributed by atoms with Crippen LogP contribution in [0.2, 0.25) is 0 Å². The first-order valence-electron chi connectivity index (χ1n) is 23.7. The van der Waals surface area contributed by atoms with Crippen LogP contribution < -0.4 is 25.6 Å². The zero-order valence-corrected chi connectivity index (χ0v) is 38.9. The number of nitrogens with zero attached hydrogens (tertiary/aromatic N) is 1. The molecule has 2 unspecified atom stereocenters. The minimum atomic E-state index is -2.86. The molecular weight excluding hydrogens is 835 g/mol. The zero-order valence-electron chi connectivity index (χ0n) is 37.9.